The second kappa shape index (κ2) is 53.4. The van der Waals surface area contributed by atoms with Crippen LogP contribution in [0, 0.1) is 17.2 Å². The predicted molar refractivity (Wildman–Crippen MR) is 513 cm³/mol. The maximum atomic E-state index is 15.6. The van der Waals surface area contributed by atoms with E-state index in [1.807, 2.05) is 0 Å². The van der Waals surface area contributed by atoms with Crippen molar-refractivity contribution in [1.29, 1.82) is 5.41 Å². The molecule has 3 heterocycles. The SMILES string of the molecule is CC(=O)N[C@@H](CC(N)=O)C(=O)N[C@@H](CC(N)=O)C(=O)N[C@@H](CC(C)C)C(=O)N[C@H]1CSSC[C@@H](C(=O)N[C@H](C(N)=O)[C@@H](C)O)NC(=O)[C@H](CCCNC(=N)N)NC(=O)[C@H](Cc2cnc[nH]2)NC(=O)[C@H](Cc2cccc3ccccc23)NC(=O)CNC(=O)[C@H](Cc2c[nH]c3ccccc23)NC(=O)[C@H](CC(=O)O)NC(=O)[C@H](CCC(N)=O)NC(=O)[C@H](Cc2cccc3ccccc23)NC(=O)[C@H](C(C)C)NC1=O. The number of primary amides is 4. The Hall–Kier alpha value is -15.3. The van der Waals surface area contributed by atoms with Crippen molar-refractivity contribution >= 4 is 178 Å². The molecule has 1 saturated heterocycles. The summed E-state index contributed by atoms with van der Waals surface area (Å²) in [6, 6.07) is 5.23. The number of aliphatic carboxylic acids is 1. The summed E-state index contributed by atoms with van der Waals surface area (Å²) in [7, 11) is 1.40. The quantitative estimate of drug-likeness (QED) is 0.00766. The van der Waals surface area contributed by atoms with Crippen LogP contribution in [0.4, 0.5) is 0 Å². The summed E-state index contributed by atoms with van der Waals surface area (Å²) >= 11 is 0. The van der Waals surface area contributed by atoms with E-state index in [1.54, 1.807) is 123 Å². The monoisotopic (exact) mass is 1980 g/mol. The Morgan fingerprint density at radius 3 is 1.54 bits per heavy atom. The van der Waals surface area contributed by atoms with Gasteiger partial charge in [-0.3, -0.25) is 101 Å². The molecule has 0 spiro atoms. The van der Waals surface area contributed by atoms with Gasteiger partial charge in [-0.1, -0.05) is 152 Å². The van der Waals surface area contributed by atoms with E-state index in [0.29, 0.717) is 70.7 Å². The molecule has 0 bridgehead atoms. The van der Waals surface area contributed by atoms with Gasteiger partial charge in [0.05, 0.1) is 38.2 Å². The molecule has 8 rings (SSSR count). The first kappa shape index (κ1) is 110. The minimum absolute atomic E-state index is 0.0847. The molecule has 0 radical (unpaired) electrons. The van der Waals surface area contributed by atoms with Crippen molar-refractivity contribution in [3.63, 3.8) is 0 Å². The number of nitrogens with two attached hydrogens (primary N) is 5. The third kappa shape index (κ3) is 34.4. The van der Waals surface area contributed by atoms with E-state index in [1.165, 1.54) is 32.6 Å². The number of hydrogen-bond acceptors (Lipinski definition) is 25. The Balaban J connectivity index is 1.27. The fourth-order valence-electron chi connectivity index (χ4n) is 15.2. The number of nitrogens with one attached hydrogen (secondary N) is 19. The molecule has 7 aromatic rings. The number of carboxylic acid groups (broad SMARTS) is 1. The topological polar surface area (TPSA) is 773 Å². The van der Waals surface area contributed by atoms with Gasteiger partial charge in [0.2, 0.25) is 112 Å². The first-order valence-corrected chi connectivity index (χ1v) is 47.2. The number of nitrogens with zero attached hydrogens (tertiary/aromatic N) is 1. The number of fused-ring (bicyclic) bond motifs is 3. The van der Waals surface area contributed by atoms with E-state index in [-0.39, 0.29) is 37.9 Å². The molecule has 19 amide bonds. The molecular weight excluding hydrogens is 1860 g/mol. The van der Waals surface area contributed by atoms with Gasteiger partial charge in [-0.2, -0.15) is 0 Å². The molecule has 140 heavy (non-hydrogen) atoms. The number of guanidine groups is 1. The Kier molecular flexibility index (Phi) is 42.0. The molecule has 31 N–H and O–H groups in total. The number of H-pyrrole nitrogens is 2. The largest absolute Gasteiger partial charge is 0.481 e. The van der Waals surface area contributed by atoms with Crippen LogP contribution >= 0.6 is 21.6 Å². The van der Waals surface area contributed by atoms with Crippen LogP contribution < -0.4 is 114 Å². The zero-order chi connectivity index (χ0) is 103. The number of benzene rings is 5. The number of carboxylic acids is 1. The van der Waals surface area contributed by atoms with E-state index in [9.17, 15) is 63.0 Å². The van der Waals surface area contributed by atoms with Gasteiger partial charge in [0.1, 0.15) is 84.6 Å². The van der Waals surface area contributed by atoms with Crippen LogP contribution in [-0.4, -0.2) is 265 Å². The summed E-state index contributed by atoms with van der Waals surface area (Å²) in [5, 5.41) is 72.2. The van der Waals surface area contributed by atoms with Crippen molar-refractivity contribution in [2.24, 2.45) is 40.5 Å². The number of imidazole rings is 1. The molecule has 1 aliphatic heterocycles. The van der Waals surface area contributed by atoms with Gasteiger partial charge in [-0.25, -0.2) is 4.98 Å². The van der Waals surface area contributed by atoms with Crippen LogP contribution in [0.25, 0.3) is 32.4 Å². The highest BCUT2D eigenvalue weighted by Gasteiger charge is 2.41. The molecule has 0 aliphatic carbocycles. The lowest BCUT2D eigenvalue weighted by atomic mass is 9.96. The molecule has 0 unspecified atom stereocenters. The number of carbonyl (C=O) groups is 20. The van der Waals surface area contributed by atoms with E-state index < -0.39 is 296 Å². The lowest BCUT2D eigenvalue weighted by molar-refractivity contribution is -0.141. The highest BCUT2D eigenvalue weighted by molar-refractivity contribution is 8.76. The van der Waals surface area contributed by atoms with Crippen molar-refractivity contribution < 1.29 is 106 Å². The maximum Gasteiger partial charge on any atom is 0.305 e. The van der Waals surface area contributed by atoms with Crippen LogP contribution in [0.15, 0.2) is 128 Å². The highest BCUT2D eigenvalue weighted by atomic mass is 33.1. The Morgan fingerprint density at radius 2 is 0.993 bits per heavy atom. The van der Waals surface area contributed by atoms with Gasteiger partial charge in [0.25, 0.3) is 0 Å². The minimum atomic E-state index is -2.14. The number of aliphatic hydroxyl groups excluding tert-OH is 1. The van der Waals surface area contributed by atoms with Crippen molar-refractivity contribution in [3.05, 3.63) is 150 Å². The molecule has 752 valence electrons. The fraction of sp³-hybridized carbons (Fsp3) is 0.429. The van der Waals surface area contributed by atoms with E-state index >= 15 is 43.2 Å². The molecule has 0 saturated carbocycles. The zero-order valence-corrected chi connectivity index (χ0v) is 79.1. The van der Waals surface area contributed by atoms with Crippen molar-refractivity contribution in [1.82, 2.24) is 100 Å². The fourth-order valence-corrected chi connectivity index (χ4v) is 17.5. The van der Waals surface area contributed by atoms with Crippen molar-refractivity contribution in [3.8, 4) is 0 Å². The predicted octanol–water partition coefficient (Wildman–Crippen LogP) is -4.89. The van der Waals surface area contributed by atoms with Crippen LogP contribution in [0.5, 0.6) is 0 Å². The summed E-state index contributed by atoms with van der Waals surface area (Å²) in [5.74, 6) is -26.7. The van der Waals surface area contributed by atoms with Gasteiger partial charge in [-0.05, 0) is 88.7 Å². The molecule has 5 aromatic carbocycles. The summed E-state index contributed by atoms with van der Waals surface area (Å²) in [6.07, 6.45) is -4.19. The van der Waals surface area contributed by atoms with Gasteiger partial charge in [-0.15, -0.1) is 0 Å². The number of amides is 19. The molecule has 1 aliphatic rings. The van der Waals surface area contributed by atoms with Crippen LogP contribution in [0.1, 0.15) is 115 Å². The molecule has 2 aromatic heterocycles. The molecule has 15 atom stereocenters. The normalized spacial score (nSPS) is 20.7. The number of aliphatic hydroxyl groups is 1. The molecular formula is C91H119N25O22S2. The molecule has 1 fully saturated rings. The zero-order valence-electron chi connectivity index (χ0n) is 77.5. The lowest BCUT2D eigenvalue weighted by Gasteiger charge is -2.29. The number of carbonyl (C=O) groups excluding carboxylic acids is 19. The maximum absolute atomic E-state index is 15.6. The third-order valence-corrected chi connectivity index (χ3v) is 24.7. The summed E-state index contributed by atoms with van der Waals surface area (Å²) < 4.78 is 0. The first-order chi connectivity index (χ1) is 66.4. The van der Waals surface area contributed by atoms with Crippen LogP contribution in [0.2, 0.25) is 0 Å². The lowest BCUT2D eigenvalue weighted by Crippen LogP contribution is -2.62. The van der Waals surface area contributed by atoms with Crippen LogP contribution in [0.3, 0.4) is 0 Å². The Bertz CT molecular complexity index is 5680. The summed E-state index contributed by atoms with van der Waals surface area (Å²) in [4.78, 5) is 296. The molecule has 49 heteroatoms. The van der Waals surface area contributed by atoms with Gasteiger partial charge in [0, 0.05) is 86.1 Å². The number of rotatable bonds is 35. The van der Waals surface area contributed by atoms with E-state index in [2.05, 4.69) is 100 Å². The second-order valence-corrected chi connectivity index (χ2v) is 36.8. The van der Waals surface area contributed by atoms with E-state index in [4.69, 9.17) is 34.1 Å². The van der Waals surface area contributed by atoms with Crippen molar-refractivity contribution in [2.45, 2.75) is 209 Å². The van der Waals surface area contributed by atoms with Gasteiger partial charge >= 0.3 is 5.97 Å². The van der Waals surface area contributed by atoms with Gasteiger partial charge < -0.3 is 134 Å². The second-order valence-electron chi connectivity index (χ2n) is 34.2. The smallest absolute Gasteiger partial charge is 0.305 e. The standard InChI is InChI=1S/C91H119N25O22S2/c1-44(2)30-60(107-86(134)66(36-72(94)121)110-85(133)65(35-71(93)120)103-47(6)118)81(129)114-68-41-139-140-42-69(89(137)116-76(46(5)117)77(95)125)113-79(127)58(26-15-29-99-91(96)97)105-84(132)64(34-53-39-98-43-102-53)109-82(130)62(31-50-20-13-18-48-16-7-9-22-54(48)50)104-73(122)40-101-78(126)61(33-52-38-100-57-25-12-11-24-56(52)57)108-87(135)67(37-74(123)124)111-80(128)59(27-28-70(92)119)106-83(131)63(112-90(138)75(45(3)4)115-88(68)136)32-51-21-14-19-49-17-8-10-23-55(49)51/h7-14,16-25,38-39,43-46,58-69,75-76,100,117H,15,26-37,40-42H2,1-6H3,(H2,92,119)(H2,93,120)(H2,94,121)(H2,95,125)(H,98,102)(H,101,126)(H,103,118)(H,104,122)(H,105,132)(H,106,131)(H,107,134)(H,108,135)(H,109,130)(H,110,133)(H,111,128)(H,112,138)(H,113,127)(H,114,129)(H,115,136)(H,116,137)(H,123,124)(H4,96,97,99)/t46-,58+,59+,60+,61+,62+,63+,64+,65+,66+,67+,68+,69+,75+,76+/m1/s1. The minimum Gasteiger partial charge on any atom is -0.481 e. The van der Waals surface area contributed by atoms with Gasteiger partial charge in [0.15, 0.2) is 5.96 Å². The third-order valence-electron chi connectivity index (χ3n) is 22.2. The number of aromatic nitrogens is 3. The highest BCUT2D eigenvalue weighted by Crippen LogP contribution is 2.27. The summed E-state index contributed by atoms with van der Waals surface area (Å²) in [5.41, 5.74) is 29.9. The Morgan fingerprint density at radius 1 is 0.500 bits per heavy atom. The average Bonchev–Trinajstić information content (AvgIpc) is 1.60. The van der Waals surface area contributed by atoms with E-state index in [0.717, 1.165) is 13.8 Å². The molecule has 47 nitrogen and oxygen atoms in total. The number of aromatic amines is 2. The Labute approximate surface area is 810 Å². The first-order valence-electron chi connectivity index (χ1n) is 44.7. The number of para-hydroxylation sites is 1. The average molecular weight is 1980 g/mol. The van der Waals surface area contributed by atoms with Crippen LogP contribution in [-0.2, 0) is 122 Å². The number of hydrogen-bond donors (Lipinski definition) is 26. The van der Waals surface area contributed by atoms with Crippen molar-refractivity contribution in [2.75, 3.05) is 24.6 Å². The summed E-state index contributed by atoms with van der Waals surface area (Å²) in [6.45, 7) is 7.20.